The van der Waals surface area contributed by atoms with Gasteiger partial charge in [-0.15, -0.1) is 12.4 Å². The van der Waals surface area contributed by atoms with Crippen LogP contribution in [0.25, 0.3) is 11.3 Å². The molecule has 29 heavy (non-hydrogen) atoms. The van der Waals surface area contributed by atoms with E-state index >= 15 is 0 Å². The molecule has 0 amide bonds. The van der Waals surface area contributed by atoms with Crippen LogP contribution in [-0.4, -0.2) is 58.3 Å². The molecule has 0 saturated heterocycles. The third-order valence-corrected chi connectivity index (χ3v) is 4.56. The van der Waals surface area contributed by atoms with Crippen LogP contribution in [-0.2, 0) is 13.1 Å². The summed E-state index contributed by atoms with van der Waals surface area (Å²) in [5, 5.41) is 23.5. The largest absolute Gasteiger partial charge is 0.495 e. The van der Waals surface area contributed by atoms with Crippen molar-refractivity contribution in [2.75, 3.05) is 33.4 Å². The standard InChI is InChI=1S/C20H28ClN3O4.ClH/c1-14(2)12-24-20(27)16(13-23(6-8-25)7-9-26)11-18(22-24)15-4-5-19(28-3)17(21)10-15;/h4-5,10-11,14,25-26H,6-9,12-13H2,1-3H3;1H. The molecule has 0 bridgehead atoms. The van der Waals surface area contributed by atoms with Gasteiger partial charge in [-0.05, 0) is 30.2 Å². The van der Waals surface area contributed by atoms with Crippen LogP contribution < -0.4 is 10.3 Å². The van der Waals surface area contributed by atoms with Crippen molar-refractivity contribution in [3.8, 4) is 17.0 Å². The van der Waals surface area contributed by atoms with Crippen molar-refractivity contribution >= 4 is 24.0 Å². The van der Waals surface area contributed by atoms with Gasteiger partial charge in [-0.1, -0.05) is 25.4 Å². The average molecular weight is 446 g/mol. The quantitative estimate of drug-likeness (QED) is 0.583. The van der Waals surface area contributed by atoms with Crippen LogP contribution in [0.5, 0.6) is 5.75 Å². The number of aliphatic hydroxyl groups excluding tert-OH is 2. The number of halogens is 2. The number of ether oxygens (including phenoxy) is 1. The summed E-state index contributed by atoms with van der Waals surface area (Å²) >= 11 is 6.26. The minimum Gasteiger partial charge on any atom is -0.495 e. The fourth-order valence-corrected chi connectivity index (χ4v) is 3.20. The minimum absolute atomic E-state index is 0. The molecule has 1 aromatic carbocycles. The smallest absolute Gasteiger partial charge is 0.271 e. The summed E-state index contributed by atoms with van der Waals surface area (Å²) in [6.45, 7) is 5.49. The summed E-state index contributed by atoms with van der Waals surface area (Å²) in [6, 6.07) is 7.12. The molecule has 0 aliphatic carbocycles. The molecule has 0 saturated carbocycles. The zero-order valence-electron chi connectivity index (χ0n) is 17.0. The molecule has 0 spiro atoms. The maximum absolute atomic E-state index is 12.9. The molecule has 9 heteroatoms. The normalized spacial score (nSPS) is 11.0. The topological polar surface area (TPSA) is 87.8 Å². The highest BCUT2D eigenvalue weighted by atomic mass is 35.5. The van der Waals surface area contributed by atoms with Crippen LogP contribution in [0.4, 0.5) is 0 Å². The monoisotopic (exact) mass is 445 g/mol. The molecule has 2 rings (SSSR count). The van der Waals surface area contributed by atoms with E-state index in [4.69, 9.17) is 16.3 Å². The van der Waals surface area contributed by atoms with Gasteiger partial charge in [-0.25, -0.2) is 4.68 Å². The summed E-state index contributed by atoms with van der Waals surface area (Å²) in [5.41, 5.74) is 1.80. The fraction of sp³-hybridized carbons (Fsp3) is 0.500. The molecule has 162 valence electrons. The SMILES string of the molecule is COc1ccc(-c2cc(CN(CCO)CCO)c(=O)n(CC(C)C)n2)cc1Cl.Cl. The Hall–Kier alpha value is -1.64. The zero-order chi connectivity index (χ0) is 20.7. The lowest BCUT2D eigenvalue weighted by Crippen LogP contribution is -2.35. The predicted molar refractivity (Wildman–Crippen MR) is 117 cm³/mol. The summed E-state index contributed by atoms with van der Waals surface area (Å²) in [5.74, 6) is 0.817. The van der Waals surface area contributed by atoms with Crippen molar-refractivity contribution in [1.82, 2.24) is 14.7 Å². The van der Waals surface area contributed by atoms with E-state index in [0.29, 0.717) is 48.2 Å². The minimum atomic E-state index is -0.169. The van der Waals surface area contributed by atoms with Crippen molar-refractivity contribution in [2.45, 2.75) is 26.9 Å². The van der Waals surface area contributed by atoms with Gasteiger partial charge in [0.05, 0.1) is 31.0 Å². The molecule has 0 unspecified atom stereocenters. The van der Waals surface area contributed by atoms with E-state index in [1.807, 2.05) is 24.8 Å². The molecule has 2 N–H and O–H groups in total. The van der Waals surface area contributed by atoms with Crippen LogP contribution in [0, 0.1) is 5.92 Å². The van der Waals surface area contributed by atoms with Gasteiger partial charge >= 0.3 is 0 Å². The summed E-state index contributed by atoms with van der Waals surface area (Å²) in [7, 11) is 1.55. The second-order valence-electron chi connectivity index (χ2n) is 7.01. The highest BCUT2D eigenvalue weighted by Gasteiger charge is 2.15. The highest BCUT2D eigenvalue weighted by molar-refractivity contribution is 6.32. The van der Waals surface area contributed by atoms with Gasteiger partial charge < -0.3 is 14.9 Å². The summed E-state index contributed by atoms with van der Waals surface area (Å²) < 4.78 is 6.68. The third kappa shape index (κ3) is 6.97. The van der Waals surface area contributed by atoms with Crippen LogP contribution >= 0.6 is 24.0 Å². The number of rotatable bonds is 10. The lowest BCUT2D eigenvalue weighted by molar-refractivity contribution is 0.155. The van der Waals surface area contributed by atoms with Gasteiger partial charge in [0.2, 0.25) is 0 Å². The Morgan fingerprint density at radius 3 is 2.38 bits per heavy atom. The fourth-order valence-electron chi connectivity index (χ4n) is 2.94. The van der Waals surface area contributed by atoms with Gasteiger partial charge in [0.1, 0.15) is 5.75 Å². The molecule has 0 fully saturated rings. The van der Waals surface area contributed by atoms with Crippen molar-refractivity contribution in [1.29, 1.82) is 0 Å². The Kier molecular flexibility index (Phi) is 10.6. The lowest BCUT2D eigenvalue weighted by atomic mass is 10.1. The second-order valence-corrected chi connectivity index (χ2v) is 7.42. The van der Waals surface area contributed by atoms with E-state index in [1.54, 1.807) is 25.3 Å². The third-order valence-electron chi connectivity index (χ3n) is 4.26. The first-order valence-corrected chi connectivity index (χ1v) is 9.66. The maximum Gasteiger partial charge on any atom is 0.271 e. The molecular formula is C20H29Cl2N3O4. The van der Waals surface area contributed by atoms with Crippen LogP contribution in [0.3, 0.4) is 0 Å². The van der Waals surface area contributed by atoms with E-state index in [2.05, 4.69) is 5.10 Å². The number of aromatic nitrogens is 2. The molecule has 0 atom stereocenters. The predicted octanol–water partition coefficient (Wildman–Crippen LogP) is 2.44. The number of nitrogens with zero attached hydrogens (tertiary/aromatic N) is 3. The second kappa shape index (κ2) is 12.1. The van der Waals surface area contributed by atoms with Gasteiger partial charge in [0.25, 0.3) is 5.56 Å². The molecule has 0 radical (unpaired) electrons. The Morgan fingerprint density at radius 2 is 1.86 bits per heavy atom. The maximum atomic E-state index is 12.9. The van der Waals surface area contributed by atoms with E-state index in [0.717, 1.165) is 5.56 Å². The molecule has 2 aromatic rings. The number of benzene rings is 1. The van der Waals surface area contributed by atoms with Gasteiger partial charge in [0.15, 0.2) is 0 Å². The lowest BCUT2D eigenvalue weighted by Gasteiger charge is -2.21. The summed E-state index contributed by atoms with van der Waals surface area (Å²) in [6.07, 6.45) is 0. The van der Waals surface area contributed by atoms with Gasteiger partial charge in [-0.3, -0.25) is 9.69 Å². The molecule has 1 heterocycles. The first-order chi connectivity index (χ1) is 13.4. The molecule has 1 aromatic heterocycles. The van der Waals surface area contributed by atoms with Crippen molar-refractivity contribution in [3.05, 3.63) is 45.2 Å². The van der Waals surface area contributed by atoms with Gasteiger partial charge in [-0.2, -0.15) is 5.10 Å². The Labute approximate surface area is 182 Å². The number of methoxy groups -OCH3 is 1. The van der Waals surface area contributed by atoms with Crippen molar-refractivity contribution in [2.24, 2.45) is 5.92 Å². The van der Waals surface area contributed by atoms with Crippen molar-refractivity contribution < 1.29 is 14.9 Å². The summed E-state index contributed by atoms with van der Waals surface area (Å²) in [4.78, 5) is 14.7. The number of hydrogen-bond donors (Lipinski definition) is 2. The number of aliphatic hydroxyl groups is 2. The first kappa shape index (κ1) is 25.4. The number of hydrogen-bond acceptors (Lipinski definition) is 6. The van der Waals surface area contributed by atoms with Crippen LogP contribution in [0.15, 0.2) is 29.1 Å². The Morgan fingerprint density at radius 1 is 1.21 bits per heavy atom. The molecule has 0 aliphatic heterocycles. The van der Waals surface area contributed by atoms with Crippen LogP contribution in [0.1, 0.15) is 19.4 Å². The van der Waals surface area contributed by atoms with E-state index < -0.39 is 0 Å². The highest BCUT2D eigenvalue weighted by Crippen LogP contribution is 2.29. The van der Waals surface area contributed by atoms with E-state index in [1.165, 1.54) is 4.68 Å². The Balaban J connectivity index is 0.00000420. The average Bonchev–Trinajstić information content (AvgIpc) is 2.64. The van der Waals surface area contributed by atoms with E-state index in [-0.39, 0.29) is 37.1 Å². The van der Waals surface area contributed by atoms with Crippen molar-refractivity contribution in [3.63, 3.8) is 0 Å². The first-order valence-electron chi connectivity index (χ1n) is 9.28. The van der Waals surface area contributed by atoms with Gasteiger partial charge in [0, 0.05) is 37.3 Å². The molecular weight excluding hydrogens is 417 g/mol. The Bertz CT molecular complexity index is 837. The molecule has 0 aliphatic rings. The van der Waals surface area contributed by atoms with Crippen LogP contribution in [0.2, 0.25) is 5.02 Å². The zero-order valence-corrected chi connectivity index (χ0v) is 18.5. The molecule has 7 nitrogen and oxygen atoms in total. The van der Waals surface area contributed by atoms with E-state index in [9.17, 15) is 15.0 Å².